The second-order valence-corrected chi connectivity index (χ2v) is 3.28. The number of nitrogens with one attached hydrogen (secondary N) is 1. The molecule has 2 heterocycles. The van der Waals surface area contributed by atoms with Crippen LogP contribution in [-0.4, -0.2) is 36.1 Å². The van der Waals surface area contributed by atoms with E-state index in [-0.39, 0.29) is 0 Å². The van der Waals surface area contributed by atoms with Gasteiger partial charge in [-0.2, -0.15) is 0 Å². The highest BCUT2D eigenvalue weighted by atomic mass is 15.2. The molecule has 1 unspecified atom stereocenters. The van der Waals surface area contributed by atoms with Crippen LogP contribution >= 0.6 is 0 Å². The average Bonchev–Trinajstić information content (AvgIpc) is 2.67. The number of rotatable bonds is 2. The van der Waals surface area contributed by atoms with E-state index in [9.17, 15) is 0 Å². The van der Waals surface area contributed by atoms with Crippen molar-refractivity contribution in [2.75, 3.05) is 25.0 Å². The molecule has 1 fully saturated rings. The fraction of sp³-hybridized carbons (Fsp3) is 0.556. The van der Waals surface area contributed by atoms with E-state index < -0.39 is 0 Å². The molecule has 70 valence electrons. The third kappa shape index (κ3) is 1.78. The molecule has 0 amide bonds. The van der Waals surface area contributed by atoms with E-state index >= 15 is 0 Å². The van der Waals surface area contributed by atoms with Crippen LogP contribution in [0.2, 0.25) is 0 Å². The Hall–Kier alpha value is -1.16. The summed E-state index contributed by atoms with van der Waals surface area (Å²) in [5.74, 6) is 0.986. The molecule has 1 aromatic rings. The molecule has 1 saturated heterocycles. The molecule has 0 aliphatic carbocycles. The molecule has 4 heteroatoms. The molecule has 1 aliphatic rings. The van der Waals surface area contributed by atoms with E-state index in [0.717, 1.165) is 18.9 Å². The third-order valence-electron chi connectivity index (χ3n) is 2.47. The Balaban J connectivity index is 2.04. The average molecular weight is 178 g/mol. The van der Waals surface area contributed by atoms with Crippen molar-refractivity contribution < 1.29 is 0 Å². The van der Waals surface area contributed by atoms with Crippen LogP contribution in [0.4, 0.5) is 5.82 Å². The summed E-state index contributed by atoms with van der Waals surface area (Å²) in [6.45, 7) is 2.11. The molecule has 2 rings (SSSR count). The predicted octanol–water partition coefficient (Wildman–Crippen LogP) is 0.275. The molecule has 0 radical (unpaired) electrons. The summed E-state index contributed by atoms with van der Waals surface area (Å²) >= 11 is 0. The van der Waals surface area contributed by atoms with Gasteiger partial charge in [-0.3, -0.25) is 4.98 Å². The molecule has 1 aliphatic heterocycles. The van der Waals surface area contributed by atoms with Gasteiger partial charge in [0.05, 0.1) is 6.20 Å². The van der Waals surface area contributed by atoms with Gasteiger partial charge in [-0.1, -0.05) is 0 Å². The zero-order chi connectivity index (χ0) is 9.10. The zero-order valence-electron chi connectivity index (χ0n) is 7.77. The van der Waals surface area contributed by atoms with Gasteiger partial charge in [0.15, 0.2) is 0 Å². The maximum atomic E-state index is 4.27. The fourth-order valence-corrected chi connectivity index (χ4v) is 1.66. The maximum absolute atomic E-state index is 4.27. The van der Waals surface area contributed by atoms with Crippen LogP contribution in [-0.2, 0) is 0 Å². The summed E-state index contributed by atoms with van der Waals surface area (Å²) in [4.78, 5) is 10.6. The van der Waals surface area contributed by atoms with E-state index in [4.69, 9.17) is 0 Å². The number of hydrogen-bond acceptors (Lipinski definition) is 4. The monoisotopic (exact) mass is 178 g/mol. The third-order valence-corrected chi connectivity index (χ3v) is 2.47. The highest BCUT2D eigenvalue weighted by Crippen LogP contribution is 2.15. The van der Waals surface area contributed by atoms with Crippen molar-refractivity contribution in [1.29, 1.82) is 0 Å². The van der Waals surface area contributed by atoms with Gasteiger partial charge in [-0.25, -0.2) is 4.98 Å². The SMILES string of the molecule is CNC1CCN(c2cnccn2)C1. The Morgan fingerprint density at radius 1 is 1.54 bits per heavy atom. The van der Waals surface area contributed by atoms with Crippen LogP contribution in [0.25, 0.3) is 0 Å². The molecule has 0 bridgehead atoms. The first kappa shape index (κ1) is 8.44. The highest BCUT2D eigenvalue weighted by molar-refractivity contribution is 5.36. The van der Waals surface area contributed by atoms with Gasteiger partial charge in [-0.05, 0) is 13.5 Å². The van der Waals surface area contributed by atoms with Gasteiger partial charge in [0.2, 0.25) is 0 Å². The van der Waals surface area contributed by atoms with Crippen LogP contribution in [0.1, 0.15) is 6.42 Å². The van der Waals surface area contributed by atoms with Crippen molar-refractivity contribution in [3.63, 3.8) is 0 Å². The number of nitrogens with zero attached hydrogens (tertiary/aromatic N) is 3. The molecular weight excluding hydrogens is 164 g/mol. The summed E-state index contributed by atoms with van der Waals surface area (Å²) in [5, 5.41) is 3.27. The minimum Gasteiger partial charge on any atom is -0.354 e. The smallest absolute Gasteiger partial charge is 0.147 e. The number of likely N-dealkylation sites (N-methyl/N-ethyl adjacent to an activating group) is 1. The van der Waals surface area contributed by atoms with Crippen molar-refractivity contribution in [3.8, 4) is 0 Å². The molecule has 1 aromatic heterocycles. The van der Waals surface area contributed by atoms with E-state index in [1.807, 2.05) is 13.2 Å². The lowest BCUT2D eigenvalue weighted by molar-refractivity contribution is 0.616. The Morgan fingerprint density at radius 2 is 2.46 bits per heavy atom. The molecule has 1 N–H and O–H groups in total. The number of hydrogen-bond donors (Lipinski definition) is 1. The molecule has 4 nitrogen and oxygen atoms in total. The lowest BCUT2D eigenvalue weighted by atomic mass is 10.3. The van der Waals surface area contributed by atoms with E-state index in [1.54, 1.807) is 12.4 Å². The van der Waals surface area contributed by atoms with Crippen molar-refractivity contribution in [3.05, 3.63) is 18.6 Å². The molecule has 1 atom stereocenters. The van der Waals surface area contributed by atoms with Crippen LogP contribution < -0.4 is 10.2 Å². The summed E-state index contributed by atoms with van der Waals surface area (Å²) < 4.78 is 0. The van der Waals surface area contributed by atoms with E-state index in [2.05, 4.69) is 20.2 Å². The van der Waals surface area contributed by atoms with Gasteiger partial charge in [0, 0.05) is 31.5 Å². The Bertz CT molecular complexity index is 262. The Morgan fingerprint density at radius 3 is 3.08 bits per heavy atom. The highest BCUT2D eigenvalue weighted by Gasteiger charge is 2.21. The van der Waals surface area contributed by atoms with Crippen LogP contribution in [0.5, 0.6) is 0 Å². The van der Waals surface area contributed by atoms with E-state index in [1.165, 1.54) is 6.42 Å². The van der Waals surface area contributed by atoms with Crippen LogP contribution in [0.3, 0.4) is 0 Å². The van der Waals surface area contributed by atoms with Gasteiger partial charge < -0.3 is 10.2 Å². The van der Waals surface area contributed by atoms with Crippen molar-refractivity contribution in [1.82, 2.24) is 15.3 Å². The Kier molecular flexibility index (Phi) is 2.40. The summed E-state index contributed by atoms with van der Waals surface area (Å²) in [6.07, 6.45) is 6.45. The summed E-state index contributed by atoms with van der Waals surface area (Å²) in [7, 11) is 2.00. The quantitative estimate of drug-likeness (QED) is 0.706. The fourth-order valence-electron chi connectivity index (χ4n) is 1.66. The zero-order valence-corrected chi connectivity index (χ0v) is 7.77. The minimum absolute atomic E-state index is 0.599. The van der Waals surface area contributed by atoms with Gasteiger partial charge in [0.25, 0.3) is 0 Å². The van der Waals surface area contributed by atoms with Crippen molar-refractivity contribution >= 4 is 5.82 Å². The normalized spacial score (nSPS) is 22.2. The minimum atomic E-state index is 0.599. The van der Waals surface area contributed by atoms with Gasteiger partial charge in [-0.15, -0.1) is 0 Å². The molecule has 0 saturated carbocycles. The Labute approximate surface area is 78.0 Å². The van der Waals surface area contributed by atoms with Crippen LogP contribution in [0.15, 0.2) is 18.6 Å². The van der Waals surface area contributed by atoms with Crippen LogP contribution in [0, 0.1) is 0 Å². The van der Waals surface area contributed by atoms with Crippen molar-refractivity contribution in [2.45, 2.75) is 12.5 Å². The second-order valence-electron chi connectivity index (χ2n) is 3.28. The van der Waals surface area contributed by atoms with Gasteiger partial charge >= 0.3 is 0 Å². The van der Waals surface area contributed by atoms with Crippen molar-refractivity contribution in [2.24, 2.45) is 0 Å². The number of aromatic nitrogens is 2. The second kappa shape index (κ2) is 3.70. The standard InChI is InChI=1S/C9H14N4/c1-10-8-2-5-13(7-8)9-6-11-3-4-12-9/h3-4,6,8,10H,2,5,7H2,1H3. The molecule has 13 heavy (non-hydrogen) atoms. The number of anilines is 1. The van der Waals surface area contributed by atoms with E-state index in [0.29, 0.717) is 6.04 Å². The summed E-state index contributed by atoms with van der Waals surface area (Å²) in [6, 6.07) is 0.599. The lowest BCUT2D eigenvalue weighted by Gasteiger charge is -2.16. The first-order valence-electron chi connectivity index (χ1n) is 4.58. The summed E-state index contributed by atoms with van der Waals surface area (Å²) in [5.41, 5.74) is 0. The molecular formula is C9H14N4. The first-order chi connectivity index (χ1) is 6.40. The van der Waals surface area contributed by atoms with Gasteiger partial charge in [0.1, 0.15) is 5.82 Å². The predicted molar refractivity (Wildman–Crippen MR) is 51.7 cm³/mol. The topological polar surface area (TPSA) is 41.0 Å². The maximum Gasteiger partial charge on any atom is 0.147 e. The molecule has 0 spiro atoms. The first-order valence-corrected chi connectivity index (χ1v) is 4.58. The lowest BCUT2D eigenvalue weighted by Crippen LogP contribution is -2.29. The largest absolute Gasteiger partial charge is 0.354 e. The molecule has 0 aromatic carbocycles.